The predicted molar refractivity (Wildman–Crippen MR) is 73.0 cm³/mol. The van der Waals surface area contributed by atoms with Crippen LogP contribution in [0.5, 0.6) is 0 Å². The monoisotopic (exact) mass is 286 g/mol. The second kappa shape index (κ2) is 5.22. The van der Waals surface area contributed by atoms with Crippen LogP contribution >= 0.6 is 0 Å². The van der Waals surface area contributed by atoms with Crippen molar-refractivity contribution < 1.29 is 8.42 Å². The molecule has 0 aromatic carbocycles. The van der Waals surface area contributed by atoms with Crippen LogP contribution in [0.4, 0.5) is 0 Å². The molecule has 1 fully saturated rings. The molecule has 0 atom stereocenters. The van der Waals surface area contributed by atoms with Gasteiger partial charge in [0.25, 0.3) is 10.0 Å². The molecule has 0 unspecified atom stereocenters. The number of nitrogens with one attached hydrogen (secondary N) is 1. The van der Waals surface area contributed by atoms with E-state index in [4.69, 9.17) is 5.73 Å². The van der Waals surface area contributed by atoms with Crippen LogP contribution in [0.3, 0.4) is 0 Å². The zero-order chi connectivity index (χ0) is 14.2. The lowest BCUT2D eigenvalue weighted by atomic mass is 10.2. The number of H-pyrrole nitrogens is 1. The summed E-state index contributed by atoms with van der Waals surface area (Å²) in [5.74, 6) is 0.289. The molecule has 6 nitrogen and oxygen atoms in total. The molecule has 2 rings (SSSR count). The second-order valence-corrected chi connectivity index (χ2v) is 7.34. The summed E-state index contributed by atoms with van der Waals surface area (Å²) in [6, 6.07) is 0.134. The van der Waals surface area contributed by atoms with Gasteiger partial charge in [-0.25, -0.2) is 8.42 Å². The topological polar surface area (TPSA) is 92.1 Å². The molecule has 1 aromatic heterocycles. The third-order valence-corrected chi connectivity index (χ3v) is 5.18. The molecule has 0 bridgehead atoms. The number of hydrogen-bond acceptors (Lipinski definition) is 4. The van der Waals surface area contributed by atoms with Gasteiger partial charge in [0.05, 0.1) is 0 Å². The first kappa shape index (κ1) is 14.5. The lowest BCUT2D eigenvalue weighted by Crippen LogP contribution is -2.36. The Kier molecular flexibility index (Phi) is 3.98. The Hall–Kier alpha value is -0.920. The van der Waals surface area contributed by atoms with Crippen LogP contribution in [-0.4, -0.2) is 35.5 Å². The molecule has 19 heavy (non-hydrogen) atoms. The zero-order valence-electron chi connectivity index (χ0n) is 11.7. The van der Waals surface area contributed by atoms with Crippen molar-refractivity contribution in [3.63, 3.8) is 0 Å². The van der Waals surface area contributed by atoms with Gasteiger partial charge in [0.1, 0.15) is 0 Å². The lowest BCUT2D eigenvalue weighted by molar-refractivity contribution is 0.358. The van der Waals surface area contributed by atoms with E-state index in [1.165, 1.54) is 0 Å². The number of nitrogens with zero attached hydrogens (tertiary/aromatic N) is 2. The molecule has 0 radical (unpaired) electrons. The maximum atomic E-state index is 12.7. The molecular weight excluding hydrogens is 264 g/mol. The molecule has 1 heterocycles. The Morgan fingerprint density at radius 1 is 1.47 bits per heavy atom. The van der Waals surface area contributed by atoms with Crippen molar-refractivity contribution in [2.24, 2.45) is 11.7 Å². The SMILES string of the molecule is Cc1[nH]nc(S(=O)(=O)N(CC(C)C)C2CC2)c1CN. The van der Waals surface area contributed by atoms with Crippen LogP contribution in [0.1, 0.15) is 37.9 Å². The largest absolute Gasteiger partial charge is 0.326 e. The minimum Gasteiger partial charge on any atom is -0.326 e. The highest BCUT2D eigenvalue weighted by molar-refractivity contribution is 7.89. The van der Waals surface area contributed by atoms with Crippen molar-refractivity contribution in [1.82, 2.24) is 14.5 Å². The molecule has 0 saturated heterocycles. The van der Waals surface area contributed by atoms with Crippen LogP contribution in [0.2, 0.25) is 0 Å². The molecule has 7 heteroatoms. The molecular formula is C12H22N4O2S. The van der Waals surface area contributed by atoms with Crippen molar-refractivity contribution in [2.75, 3.05) is 6.54 Å². The molecule has 0 spiro atoms. The Bertz CT molecular complexity index is 546. The third kappa shape index (κ3) is 2.82. The maximum Gasteiger partial charge on any atom is 0.262 e. The van der Waals surface area contributed by atoms with Crippen LogP contribution in [0.25, 0.3) is 0 Å². The predicted octanol–water partition coefficient (Wildman–Crippen LogP) is 0.986. The van der Waals surface area contributed by atoms with Crippen molar-refractivity contribution >= 4 is 10.0 Å². The van der Waals surface area contributed by atoms with Crippen LogP contribution in [-0.2, 0) is 16.6 Å². The van der Waals surface area contributed by atoms with Gasteiger partial charge in [-0.2, -0.15) is 9.40 Å². The van der Waals surface area contributed by atoms with E-state index >= 15 is 0 Å². The minimum absolute atomic E-state index is 0.0973. The number of aromatic nitrogens is 2. The smallest absolute Gasteiger partial charge is 0.262 e. The first-order valence-corrected chi connectivity index (χ1v) is 8.07. The number of hydrogen-bond donors (Lipinski definition) is 2. The van der Waals surface area contributed by atoms with Gasteiger partial charge in [-0.05, 0) is 25.7 Å². The summed E-state index contributed by atoms with van der Waals surface area (Å²) in [5, 5.41) is 6.79. The van der Waals surface area contributed by atoms with E-state index in [-0.39, 0.29) is 23.5 Å². The highest BCUT2D eigenvalue weighted by Crippen LogP contribution is 2.33. The molecule has 1 aliphatic carbocycles. The summed E-state index contributed by atoms with van der Waals surface area (Å²) in [5.41, 5.74) is 6.96. The van der Waals surface area contributed by atoms with E-state index in [1.807, 2.05) is 13.8 Å². The van der Waals surface area contributed by atoms with Crippen molar-refractivity contribution in [2.45, 2.75) is 51.2 Å². The second-order valence-electron chi connectivity index (χ2n) is 5.54. The highest BCUT2D eigenvalue weighted by Gasteiger charge is 2.40. The van der Waals surface area contributed by atoms with Gasteiger partial charge < -0.3 is 5.73 Å². The first-order valence-electron chi connectivity index (χ1n) is 6.63. The summed E-state index contributed by atoms with van der Waals surface area (Å²) in [7, 11) is -3.54. The average molecular weight is 286 g/mol. The normalized spacial score (nSPS) is 16.5. The number of sulfonamides is 1. The number of aromatic amines is 1. The molecule has 3 N–H and O–H groups in total. The van der Waals surface area contributed by atoms with E-state index in [9.17, 15) is 8.42 Å². The van der Waals surface area contributed by atoms with Crippen LogP contribution < -0.4 is 5.73 Å². The van der Waals surface area contributed by atoms with Crippen LogP contribution in [0.15, 0.2) is 5.03 Å². The summed E-state index contributed by atoms with van der Waals surface area (Å²) >= 11 is 0. The first-order chi connectivity index (χ1) is 8.87. The quantitative estimate of drug-likeness (QED) is 0.815. The fourth-order valence-corrected chi connectivity index (χ4v) is 4.19. The summed E-state index contributed by atoms with van der Waals surface area (Å²) in [6.45, 7) is 6.53. The number of aryl methyl sites for hydroxylation is 1. The maximum absolute atomic E-state index is 12.7. The highest BCUT2D eigenvalue weighted by atomic mass is 32.2. The van der Waals surface area contributed by atoms with Crippen molar-refractivity contribution in [3.05, 3.63) is 11.3 Å². The third-order valence-electron chi connectivity index (χ3n) is 3.29. The van der Waals surface area contributed by atoms with E-state index in [1.54, 1.807) is 11.2 Å². The molecule has 0 aliphatic heterocycles. The van der Waals surface area contributed by atoms with Crippen molar-refractivity contribution in [3.8, 4) is 0 Å². The zero-order valence-corrected chi connectivity index (χ0v) is 12.5. The standard InChI is InChI=1S/C12H22N4O2S/c1-8(2)7-16(10-4-5-10)19(17,18)12-11(6-13)9(3)14-15-12/h8,10H,4-7,13H2,1-3H3,(H,14,15). The summed E-state index contributed by atoms with van der Waals surface area (Å²) in [6.07, 6.45) is 1.88. The van der Waals surface area contributed by atoms with E-state index in [0.717, 1.165) is 18.5 Å². The van der Waals surface area contributed by atoms with Gasteiger partial charge in [-0.3, -0.25) is 5.10 Å². The van der Waals surface area contributed by atoms with Crippen LogP contribution in [0, 0.1) is 12.8 Å². The molecule has 108 valence electrons. The van der Waals surface area contributed by atoms with Gasteiger partial charge in [-0.1, -0.05) is 13.8 Å². The summed E-state index contributed by atoms with van der Waals surface area (Å²) in [4.78, 5) is 0. The van der Waals surface area contributed by atoms with Gasteiger partial charge in [0.15, 0.2) is 5.03 Å². The van der Waals surface area contributed by atoms with Crippen molar-refractivity contribution in [1.29, 1.82) is 0 Å². The molecule has 1 saturated carbocycles. The Balaban J connectivity index is 2.38. The number of rotatable bonds is 6. The van der Waals surface area contributed by atoms with E-state index < -0.39 is 10.0 Å². The van der Waals surface area contributed by atoms with E-state index in [0.29, 0.717) is 12.1 Å². The lowest BCUT2D eigenvalue weighted by Gasteiger charge is -2.23. The van der Waals surface area contributed by atoms with Gasteiger partial charge in [0, 0.05) is 30.4 Å². The van der Waals surface area contributed by atoms with Gasteiger partial charge >= 0.3 is 0 Å². The Morgan fingerprint density at radius 3 is 2.58 bits per heavy atom. The Morgan fingerprint density at radius 2 is 2.11 bits per heavy atom. The Labute approximate surface area is 114 Å². The fraction of sp³-hybridized carbons (Fsp3) is 0.750. The fourth-order valence-electron chi connectivity index (χ4n) is 2.16. The molecule has 1 aromatic rings. The number of nitrogens with two attached hydrogens (primary N) is 1. The van der Waals surface area contributed by atoms with E-state index in [2.05, 4.69) is 10.2 Å². The van der Waals surface area contributed by atoms with Gasteiger partial charge in [0.2, 0.25) is 0 Å². The minimum atomic E-state index is -3.54. The molecule has 0 amide bonds. The average Bonchev–Trinajstić information content (AvgIpc) is 3.08. The molecule has 1 aliphatic rings. The van der Waals surface area contributed by atoms with Gasteiger partial charge in [-0.15, -0.1) is 0 Å². The summed E-state index contributed by atoms with van der Waals surface area (Å²) < 4.78 is 27.1.